The van der Waals surface area contributed by atoms with Crippen molar-refractivity contribution in [3.63, 3.8) is 0 Å². The minimum Gasteiger partial charge on any atom is -0.464 e. The molecule has 0 aromatic heterocycles. The third-order valence-electron chi connectivity index (χ3n) is 2.69. The molecule has 0 saturated heterocycles. The van der Waals surface area contributed by atoms with Crippen molar-refractivity contribution >= 4 is 33.7 Å². The lowest BCUT2D eigenvalue weighted by Gasteiger charge is -2.12. The highest BCUT2D eigenvalue weighted by Gasteiger charge is 2.36. The molecule has 5 nitrogen and oxygen atoms in total. The smallest absolute Gasteiger partial charge is 0.326 e. The fourth-order valence-corrected chi connectivity index (χ4v) is 2.16. The molecule has 0 N–H and O–H groups in total. The van der Waals surface area contributed by atoms with Gasteiger partial charge < -0.3 is 4.74 Å². The van der Waals surface area contributed by atoms with Crippen molar-refractivity contribution in [3.05, 3.63) is 33.8 Å². The lowest BCUT2D eigenvalue weighted by Crippen LogP contribution is -2.35. The second-order valence-electron chi connectivity index (χ2n) is 4.11. The van der Waals surface area contributed by atoms with E-state index in [2.05, 4.69) is 15.9 Å². The normalized spacial score (nSPS) is 13.7. The van der Waals surface area contributed by atoms with Crippen LogP contribution in [0.15, 0.2) is 22.7 Å². The standard InChI is InChI=1S/C13H12BrNO4/c1-2-5-19-11(16)7-15-12(17)9-4-3-8(14)6-10(9)13(15)18/h3-4,6H,2,5,7H2,1H3. The van der Waals surface area contributed by atoms with E-state index in [1.807, 2.05) is 6.92 Å². The van der Waals surface area contributed by atoms with Crippen molar-refractivity contribution in [1.82, 2.24) is 4.90 Å². The van der Waals surface area contributed by atoms with Crippen LogP contribution < -0.4 is 0 Å². The number of amides is 2. The van der Waals surface area contributed by atoms with E-state index in [-0.39, 0.29) is 13.2 Å². The molecule has 1 aromatic rings. The van der Waals surface area contributed by atoms with E-state index in [9.17, 15) is 14.4 Å². The van der Waals surface area contributed by atoms with E-state index in [0.29, 0.717) is 22.0 Å². The van der Waals surface area contributed by atoms with Crippen molar-refractivity contribution < 1.29 is 19.1 Å². The maximum atomic E-state index is 12.0. The third kappa shape index (κ3) is 2.68. The first-order chi connectivity index (χ1) is 9.04. The zero-order chi connectivity index (χ0) is 14.0. The Balaban J connectivity index is 2.16. The summed E-state index contributed by atoms with van der Waals surface area (Å²) < 4.78 is 5.59. The van der Waals surface area contributed by atoms with Gasteiger partial charge in [0.15, 0.2) is 0 Å². The van der Waals surface area contributed by atoms with E-state index in [0.717, 1.165) is 4.90 Å². The zero-order valence-corrected chi connectivity index (χ0v) is 11.9. The molecule has 1 heterocycles. The highest BCUT2D eigenvalue weighted by molar-refractivity contribution is 9.10. The van der Waals surface area contributed by atoms with Crippen LogP contribution in [0.25, 0.3) is 0 Å². The molecule has 1 aromatic carbocycles. The van der Waals surface area contributed by atoms with Crippen molar-refractivity contribution in [1.29, 1.82) is 0 Å². The summed E-state index contributed by atoms with van der Waals surface area (Å²) in [5.74, 6) is -1.49. The number of hydrogen-bond acceptors (Lipinski definition) is 4. The van der Waals surface area contributed by atoms with Crippen molar-refractivity contribution in [2.24, 2.45) is 0 Å². The van der Waals surface area contributed by atoms with Crippen LogP contribution in [0.3, 0.4) is 0 Å². The molecule has 0 radical (unpaired) electrons. The van der Waals surface area contributed by atoms with Crippen LogP contribution in [0.2, 0.25) is 0 Å². The highest BCUT2D eigenvalue weighted by Crippen LogP contribution is 2.25. The fourth-order valence-electron chi connectivity index (χ4n) is 1.80. The third-order valence-corrected chi connectivity index (χ3v) is 3.18. The Morgan fingerprint density at radius 2 is 1.95 bits per heavy atom. The summed E-state index contributed by atoms with van der Waals surface area (Å²) in [7, 11) is 0. The van der Waals surface area contributed by atoms with Crippen LogP contribution in [-0.2, 0) is 9.53 Å². The lowest BCUT2D eigenvalue weighted by molar-refractivity contribution is -0.143. The number of esters is 1. The number of rotatable bonds is 4. The van der Waals surface area contributed by atoms with Crippen molar-refractivity contribution in [2.45, 2.75) is 13.3 Å². The Kier molecular flexibility index (Phi) is 3.99. The first kappa shape index (κ1) is 13.7. The Morgan fingerprint density at radius 3 is 2.63 bits per heavy atom. The zero-order valence-electron chi connectivity index (χ0n) is 10.3. The molecule has 0 atom stereocenters. The number of ether oxygens (including phenoxy) is 1. The number of benzene rings is 1. The van der Waals surface area contributed by atoms with Crippen LogP contribution in [0.1, 0.15) is 34.1 Å². The summed E-state index contributed by atoms with van der Waals surface area (Å²) in [5, 5.41) is 0. The summed E-state index contributed by atoms with van der Waals surface area (Å²) in [6, 6.07) is 4.83. The van der Waals surface area contributed by atoms with Gasteiger partial charge in [-0.25, -0.2) is 0 Å². The molecule has 0 spiro atoms. The highest BCUT2D eigenvalue weighted by atomic mass is 79.9. The van der Waals surface area contributed by atoms with Crippen LogP contribution in [-0.4, -0.2) is 35.8 Å². The molecule has 6 heteroatoms. The molecule has 19 heavy (non-hydrogen) atoms. The topological polar surface area (TPSA) is 63.7 Å². The SMILES string of the molecule is CCCOC(=O)CN1C(=O)c2ccc(Br)cc2C1=O. The first-order valence-electron chi connectivity index (χ1n) is 5.86. The Morgan fingerprint density at radius 1 is 1.26 bits per heavy atom. The average molecular weight is 326 g/mol. The monoisotopic (exact) mass is 325 g/mol. The number of carbonyl (C=O) groups is 3. The molecule has 0 fully saturated rings. The minimum absolute atomic E-state index is 0.285. The second-order valence-corrected chi connectivity index (χ2v) is 5.02. The number of nitrogens with zero attached hydrogens (tertiary/aromatic N) is 1. The van der Waals surface area contributed by atoms with Gasteiger partial charge in [-0.1, -0.05) is 22.9 Å². The van der Waals surface area contributed by atoms with Gasteiger partial charge in [-0.05, 0) is 24.6 Å². The number of hydrogen-bond donors (Lipinski definition) is 0. The summed E-state index contributed by atoms with van der Waals surface area (Å²) in [6.45, 7) is 1.81. The molecule has 0 bridgehead atoms. The van der Waals surface area contributed by atoms with Crippen LogP contribution in [0, 0.1) is 0 Å². The number of carbonyl (C=O) groups excluding carboxylic acids is 3. The maximum Gasteiger partial charge on any atom is 0.326 e. The predicted octanol–water partition coefficient (Wildman–Crippen LogP) is 2.00. The van der Waals surface area contributed by atoms with Gasteiger partial charge in [-0.15, -0.1) is 0 Å². The van der Waals surface area contributed by atoms with Crippen molar-refractivity contribution in [3.8, 4) is 0 Å². The largest absolute Gasteiger partial charge is 0.464 e. The number of halogens is 1. The predicted molar refractivity (Wildman–Crippen MR) is 70.8 cm³/mol. The quantitative estimate of drug-likeness (QED) is 0.627. The van der Waals surface area contributed by atoms with Gasteiger partial charge >= 0.3 is 5.97 Å². The molecule has 100 valence electrons. The molecular formula is C13H12BrNO4. The molecule has 0 unspecified atom stereocenters. The molecule has 2 amide bonds. The van der Waals surface area contributed by atoms with E-state index in [1.54, 1.807) is 18.2 Å². The van der Waals surface area contributed by atoms with Gasteiger partial charge in [-0.3, -0.25) is 19.3 Å². The Bertz CT molecular complexity index is 556. The van der Waals surface area contributed by atoms with Gasteiger partial charge in [0.1, 0.15) is 6.54 Å². The van der Waals surface area contributed by atoms with Crippen LogP contribution in [0.4, 0.5) is 0 Å². The molecule has 0 saturated carbocycles. The van der Waals surface area contributed by atoms with Gasteiger partial charge in [0, 0.05) is 4.47 Å². The Labute approximate surface area is 118 Å². The Hall–Kier alpha value is -1.69. The molecule has 1 aliphatic rings. The van der Waals surface area contributed by atoms with Gasteiger partial charge in [-0.2, -0.15) is 0 Å². The molecule has 1 aliphatic heterocycles. The van der Waals surface area contributed by atoms with Gasteiger partial charge in [0.05, 0.1) is 17.7 Å². The summed E-state index contributed by atoms with van der Waals surface area (Å²) >= 11 is 3.24. The lowest BCUT2D eigenvalue weighted by atomic mass is 10.1. The fraction of sp³-hybridized carbons (Fsp3) is 0.308. The summed E-state index contributed by atoms with van der Waals surface area (Å²) in [4.78, 5) is 36.5. The van der Waals surface area contributed by atoms with Crippen molar-refractivity contribution in [2.75, 3.05) is 13.2 Å². The number of imide groups is 1. The molecule has 0 aliphatic carbocycles. The summed E-state index contributed by atoms with van der Waals surface area (Å²) in [6.07, 6.45) is 0.695. The van der Waals surface area contributed by atoms with E-state index >= 15 is 0 Å². The molecular weight excluding hydrogens is 314 g/mol. The number of fused-ring (bicyclic) bond motifs is 1. The van der Waals surface area contributed by atoms with Gasteiger partial charge in [0.25, 0.3) is 11.8 Å². The molecule has 2 rings (SSSR count). The van der Waals surface area contributed by atoms with E-state index < -0.39 is 17.8 Å². The van der Waals surface area contributed by atoms with Crippen LogP contribution in [0.5, 0.6) is 0 Å². The minimum atomic E-state index is -0.574. The average Bonchev–Trinajstić information content (AvgIpc) is 2.61. The van der Waals surface area contributed by atoms with Crippen LogP contribution >= 0.6 is 15.9 Å². The van der Waals surface area contributed by atoms with E-state index in [1.165, 1.54) is 0 Å². The van der Waals surface area contributed by atoms with E-state index in [4.69, 9.17) is 4.74 Å². The van der Waals surface area contributed by atoms with Gasteiger partial charge in [0.2, 0.25) is 0 Å². The second kappa shape index (κ2) is 5.52. The maximum absolute atomic E-state index is 12.0. The summed E-state index contributed by atoms with van der Waals surface area (Å²) in [5.41, 5.74) is 0.624. The first-order valence-corrected chi connectivity index (χ1v) is 6.65.